The van der Waals surface area contributed by atoms with E-state index in [0.717, 1.165) is 43.0 Å². The molecule has 0 aliphatic carbocycles. The Balaban J connectivity index is 1.91. The van der Waals surface area contributed by atoms with Gasteiger partial charge in [-0.1, -0.05) is 31.2 Å². The zero-order valence-corrected chi connectivity index (χ0v) is 19.1. The molecule has 0 radical (unpaired) electrons. The van der Waals surface area contributed by atoms with Crippen LogP contribution in [0.3, 0.4) is 0 Å². The second kappa shape index (κ2) is 11.5. The van der Waals surface area contributed by atoms with Crippen molar-refractivity contribution in [1.29, 1.82) is 0 Å². The third-order valence-electron chi connectivity index (χ3n) is 5.02. The van der Waals surface area contributed by atoms with Gasteiger partial charge in [0.15, 0.2) is 5.96 Å². The van der Waals surface area contributed by atoms with E-state index in [1.807, 2.05) is 38.1 Å². The lowest BCUT2D eigenvalue weighted by molar-refractivity contribution is 0.206. The monoisotopic (exact) mass is 423 g/mol. The van der Waals surface area contributed by atoms with Crippen molar-refractivity contribution in [1.82, 2.24) is 20.3 Å². The van der Waals surface area contributed by atoms with Gasteiger partial charge in [0, 0.05) is 38.8 Å². The lowest BCUT2D eigenvalue weighted by atomic mass is 10.1. The predicted molar refractivity (Wildman–Crippen MR) is 120 cm³/mol. The number of hydrogen-bond acceptors (Lipinski definition) is 4. The van der Waals surface area contributed by atoms with Gasteiger partial charge in [-0.3, -0.25) is 4.99 Å². The normalized spacial score (nSPS) is 16.9. The minimum Gasteiger partial charge on any atom is -0.354 e. The van der Waals surface area contributed by atoms with E-state index in [-0.39, 0.29) is 11.8 Å². The quantitative estimate of drug-likeness (QED) is 0.418. The summed E-state index contributed by atoms with van der Waals surface area (Å²) in [5, 5.41) is 6.86. The van der Waals surface area contributed by atoms with Crippen molar-refractivity contribution in [2.75, 3.05) is 26.7 Å². The van der Waals surface area contributed by atoms with Crippen molar-refractivity contribution in [2.45, 2.75) is 64.4 Å². The molecule has 0 spiro atoms. The molecule has 0 amide bonds. The number of benzene rings is 1. The van der Waals surface area contributed by atoms with Crippen LogP contribution < -0.4 is 15.4 Å². The van der Waals surface area contributed by atoms with E-state index in [1.165, 1.54) is 13.0 Å². The van der Waals surface area contributed by atoms with Gasteiger partial charge in [-0.15, -0.1) is 0 Å². The first kappa shape index (κ1) is 23.6. The molecule has 2 rings (SSSR count). The maximum absolute atomic E-state index is 12.3. The Hall–Kier alpha value is -1.64. The molecule has 0 aromatic heterocycles. The van der Waals surface area contributed by atoms with E-state index in [4.69, 9.17) is 0 Å². The molecule has 3 N–H and O–H groups in total. The van der Waals surface area contributed by atoms with Crippen LogP contribution >= 0.6 is 0 Å². The first-order valence-electron chi connectivity index (χ1n) is 10.6. The summed E-state index contributed by atoms with van der Waals surface area (Å²) in [5.41, 5.74) is 1.76. The molecule has 164 valence electrons. The summed E-state index contributed by atoms with van der Waals surface area (Å²) in [4.78, 5) is 6.86. The van der Waals surface area contributed by atoms with Crippen LogP contribution in [0.2, 0.25) is 0 Å². The van der Waals surface area contributed by atoms with E-state index in [9.17, 15) is 8.42 Å². The van der Waals surface area contributed by atoms with Gasteiger partial charge in [0.2, 0.25) is 10.0 Å². The molecule has 8 heteroatoms. The Morgan fingerprint density at radius 1 is 1.21 bits per heavy atom. The van der Waals surface area contributed by atoms with Gasteiger partial charge in [-0.05, 0) is 50.8 Å². The number of nitrogens with zero attached hydrogens (tertiary/aromatic N) is 2. The molecule has 0 bridgehead atoms. The number of aliphatic imine (C=N–C) groups is 1. The zero-order chi connectivity index (χ0) is 21.3. The summed E-state index contributed by atoms with van der Waals surface area (Å²) in [6, 6.07) is 7.95. The van der Waals surface area contributed by atoms with Crippen molar-refractivity contribution in [2.24, 2.45) is 4.99 Å². The van der Waals surface area contributed by atoms with Crippen LogP contribution in [0, 0.1) is 0 Å². The summed E-state index contributed by atoms with van der Waals surface area (Å²) in [6.45, 7) is 9.81. The lowest BCUT2D eigenvalue weighted by Gasteiger charge is -2.32. The van der Waals surface area contributed by atoms with Gasteiger partial charge in [0.25, 0.3) is 0 Å². The maximum atomic E-state index is 12.3. The molecule has 7 nitrogen and oxygen atoms in total. The SMILES string of the molecule is CCCN1CCC(NC(=NC)NCc2ccccc2CS(=O)(=O)NC(C)C)CC1. The molecule has 1 heterocycles. The highest BCUT2D eigenvalue weighted by Crippen LogP contribution is 2.13. The first-order chi connectivity index (χ1) is 13.8. The lowest BCUT2D eigenvalue weighted by Crippen LogP contribution is -2.48. The predicted octanol–water partition coefficient (Wildman–Crippen LogP) is 2.05. The van der Waals surface area contributed by atoms with E-state index in [2.05, 4.69) is 32.2 Å². The summed E-state index contributed by atoms with van der Waals surface area (Å²) in [7, 11) is -1.59. The number of sulfonamides is 1. The standard InChI is InChI=1S/C21H37N5O2S/c1-5-12-26-13-10-20(11-14-26)24-21(22-4)23-15-18-8-6-7-9-19(18)16-29(27,28)25-17(2)3/h6-9,17,20,25H,5,10-16H2,1-4H3,(H2,22,23,24). The van der Waals surface area contributed by atoms with Gasteiger partial charge in [-0.2, -0.15) is 0 Å². The molecule has 1 saturated heterocycles. The topological polar surface area (TPSA) is 85.8 Å². The summed E-state index contributed by atoms with van der Waals surface area (Å²) in [6.07, 6.45) is 3.41. The molecular weight excluding hydrogens is 386 g/mol. The molecule has 1 fully saturated rings. The zero-order valence-electron chi connectivity index (χ0n) is 18.2. The number of piperidine rings is 1. The fourth-order valence-electron chi connectivity index (χ4n) is 3.66. The minimum absolute atomic E-state index is 0.0229. The summed E-state index contributed by atoms with van der Waals surface area (Å²) >= 11 is 0. The molecule has 1 aromatic rings. The Morgan fingerprint density at radius 2 is 1.86 bits per heavy atom. The van der Waals surface area contributed by atoms with Crippen molar-refractivity contribution >= 4 is 16.0 Å². The number of likely N-dealkylation sites (tertiary alicyclic amines) is 1. The third-order valence-corrected chi connectivity index (χ3v) is 6.54. The largest absolute Gasteiger partial charge is 0.354 e. The minimum atomic E-state index is -3.36. The second-order valence-corrected chi connectivity index (χ2v) is 9.74. The number of guanidine groups is 1. The van der Waals surface area contributed by atoms with Crippen LogP contribution in [-0.2, 0) is 22.3 Å². The second-order valence-electron chi connectivity index (χ2n) is 7.99. The van der Waals surface area contributed by atoms with Gasteiger partial charge < -0.3 is 15.5 Å². The van der Waals surface area contributed by atoms with E-state index >= 15 is 0 Å². The van der Waals surface area contributed by atoms with Crippen LogP contribution in [0.1, 0.15) is 51.2 Å². The Labute approximate surface area is 176 Å². The van der Waals surface area contributed by atoms with Gasteiger partial charge in [0.1, 0.15) is 0 Å². The van der Waals surface area contributed by atoms with Crippen LogP contribution in [0.15, 0.2) is 29.3 Å². The Morgan fingerprint density at radius 3 is 2.45 bits per heavy atom. The molecule has 29 heavy (non-hydrogen) atoms. The van der Waals surface area contributed by atoms with Crippen LogP contribution in [0.25, 0.3) is 0 Å². The van der Waals surface area contributed by atoms with Gasteiger partial charge in [0.05, 0.1) is 5.75 Å². The molecule has 0 saturated carbocycles. The van der Waals surface area contributed by atoms with E-state index in [1.54, 1.807) is 7.05 Å². The van der Waals surface area contributed by atoms with Crippen molar-refractivity contribution in [3.63, 3.8) is 0 Å². The Bertz CT molecular complexity index is 756. The smallest absolute Gasteiger partial charge is 0.216 e. The average molecular weight is 424 g/mol. The number of rotatable bonds is 9. The third kappa shape index (κ3) is 8.32. The molecule has 0 unspecified atom stereocenters. The van der Waals surface area contributed by atoms with Gasteiger partial charge in [-0.25, -0.2) is 13.1 Å². The highest BCUT2D eigenvalue weighted by atomic mass is 32.2. The van der Waals surface area contributed by atoms with Gasteiger partial charge >= 0.3 is 0 Å². The highest BCUT2D eigenvalue weighted by Gasteiger charge is 2.20. The van der Waals surface area contributed by atoms with E-state index < -0.39 is 10.0 Å². The molecular formula is C21H37N5O2S. The van der Waals surface area contributed by atoms with Crippen LogP contribution in [0.4, 0.5) is 0 Å². The average Bonchev–Trinajstić information content (AvgIpc) is 2.66. The fraction of sp³-hybridized carbons (Fsp3) is 0.667. The molecule has 0 atom stereocenters. The molecule has 1 aromatic carbocycles. The molecule has 1 aliphatic rings. The van der Waals surface area contributed by atoms with Crippen LogP contribution in [0.5, 0.6) is 0 Å². The summed E-state index contributed by atoms with van der Waals surface area (Å²) < 4.78 is 27.3. The maximum Gasteiger partial charge on any atom is 0.216 e. The van der Waals surface area contributed by atoms with Crippen molar-refractivity contribution < 1.29 is 8.42 Å². The van der Waals surface area contributed by atoms with Crippen LogP contribution in [-0.4, -0.2) is 58.0 Å². The number of nitrogens with one attached hydrogen (secondary N) is 3. The van der Waals surface area contributed by atoms with Crippen molar-refractivity contribution in [3.8, 4) is 0 Å². The van der Waals surface area contributed by atoms with Crippen molar-refractivity contribution in [3.05, 3.63) is 35.4 Å². The Kier molecular flexibility index (Phi) is 9.39. The fourth-order valence-corrected chi connectivity index (χ4v) is 5.15. The highest BCUT2D eigenvalue weighted by molar-refractivity contribution is 7.88. The summed E-state index contributed by atoms with van der Waals surface area (Å²) in [5.74, 6) is 0.738. The first-order valence-corrected chi connectivity index (χ1v) is 12.2. The molecule has 1 aliphatic heterocycles. The number of hydrogen-bond donors (Lipinski definition) is 3. The van der Waals surface area contributed by atoms with E-state index in [0.29, 0.717) is 12.6 Å².